The zero-order chi connectivity index (χ0) is 22.6. The molecule has 0 bridgehead atoms. The van der Waals surface area contributed by atoms with Gasteiger partial charge in [0.25, 0.3) is 5.91 Å². The Hall–Kier alpha value is -3.73. The van der Waals surface area contributed by atoms with Gasteiger partial charge in [-0.15, -0.1) is 0 Å². The maximum atomic E-state index is 13.6. The molecule has 0 atom stereocenters. The Balaban J connectivity index is 1.69. The molecule has 10 heteroatoms. The van der Waals surface area contributed by atoms with Crippen molar-refractivity contribution in [3.05, 3.63) is 96.1 Å². The Labute approximate surface area is 184 Å². The Kier molecular flexibility index (Phi) is 6.17. The van der Waals surface area contributed by atoms with E-state index >= 15 is 0 Å². The van der Waals surface area contributed by atoms with Crippen molar-refractivity contribution in [1.82, 2.24) is 24.7 Å². The van der Waals surface area contributed by atoms with Crippen molar-refractivity contribution in [2.45, 2.75) is 18.0 Å². The average Bonchev–Trinajstić information content (AvgIpc) is 2.84. The van der Waals surface area contributed by atoms with Gasteiger partial charge in [-0.1, -0.05) is 18.2 Å². The number of aromatic nitrogens is 3. The summed E-state index contributed by atoms with van der Waals surface area (Å²) in [4.78, 5) is 24.1. The van der Waals surface area contributed by atoms with Crippen molar-refractivity contribution in [2.75, 3.05) is 0 Å². The number of pyridine rings is 1. The summed E-state index contributed by atoms with van der Waals surface area (Å²) in [6.07, 6.45) is 6.29. The summed E-state index contributed by atoms with van der Waals surface area (Å²) in [7, 11) is -3.90. The molecule has 0 spiro atoms. The third-order valence-electron chi connectivity index (χ3n) is 4.84. The molecule has 0 radical (unpaired) electrons. The second kappa shape index (κ2) is 9.18. The molecule has 2 aromatic carbocycles. The Morgan fingerprint density at radius 3 is 2.31 bits per heavy atom. The maximum Gasteiger partial charge on any atom is 0.274 e. The first-order chi connectivity index (χ1) is 15.5. The number of nitrogens with one attached hydrogen (secondary N) is 1. The van der Waals surface area contributed by atoms with Crippen LogP contribution in [0, 0.1) is 0 Å². The molecule has 0 unspecified atom stereocenters. The number of hydrogen-bond donors (Lipinski definition) is 2. The highest BCUT2D eigenvalue weighted by Crippen LogP contribution is 2.23. The molecule has 9 nitrogen and oxygen atoms in total. The fourth-order valence-electron chi connectivity index (χ4n) is 3.20. The van der Waals surface area contributed by atoms with Gasteiger partial charge < -0.3 is 0 Å². The molecule has 0 saturated carbocycles. The van der Waals surface area contributed by atoms with Gasteiger partial charge in [0.1, 0.15) is 0 Å². The molecule has 0 aliphatic heterocycles. The highest BCUT2D eigenvalue weighted by Gasteiger charge is 2.26. The number of fused-ring (bicyclic) bond motifs is 1. The normalized spacial score (nSPS) is 11.6. The van der Waals surface area contributed by atoms with Gasteiger partial charge in [0, 0.05) is 43.4 Å². The van der Waals surface area contributed by atoms with E-state index in [9.17, 15) is 13.2 Å². The lowest BCUT2D eigenvalue weighted by atomic mass is 10.1. The molecule has 0 fully saturated rings. The van der Waals surface area contributed by atoms with Gasteiger partial charge in [-0.2, -0.15) is 4.31 Å². The number of hydroxylamine groups is 1. The predicted molar refractivity (Wildman–Crippen MR) is 116 cm³/mol. The fraction of sp³-hybridized carbons (Fsp3) is 0.0909. The highest BCUT2D eigenvalue weighted by atomic mass is 32.2. The van der Waals surface area contributed by atoms with Crippen LogP contribution < -0.4 is 5.48 Å². The van der Waals surface area contributed by atoms with Crippen molar-refractivity contribution in [3.8, 4) is 0 Å². The van der Waals surface area contributed by atoms with Crippen LogP contribution in [0.25, 0.3) is 11.0 Å². The third-order valence-corrected chi connectivity index (χ3v) is 6.62. The van der Waals surface area contributed by atoms with Crippen molar-refractivity contribution in [3.63, 3.8) is 0 Å². The van der Waals surface area contributed by atoms with Crippen LogP contribution in [0.4, 0.5) is 0 Å². The molecular weight excluding hydrogens is 430 g/mol. The summed E-state index contributed by atoms with van der Waals surface area (Å²) in [5, 5.41) is 8.77. The van der Waals surface area contributed by atoms with Crippen LogP contribution in [-0.4, -0.2) is 38.8 Å². The molecule has 32 heavy (non-hydrogen) atoms. The summed E-state index contributed by atoms with van der Waals surface area (Å²) < 4.78 is 28.5. The number of amides is 1. The molecule has 4 rings (SSSR count). The molecule has 0 aliphatic carbocycles. The summed E-state index contributed by atoms with van der Waals surface area (Å²) in [6.45, 7) is 0.171. The van der Waals surface area contributed by atoms with E-state index in [1.54, 1.807) is 54.4 Å². The molecule has 2 N–H and O–H groups in total. The van der Waals surface area contributed by atoms with E-state index in [4.69, 9.17) is 5.21 Å². The van der Waals surface area contributed by atoms with E-state index in [1.165, 1.54) is 34.8 Å². The van der Waals surface area contributed by atoms with E-state index in [0.717, 1.165) is 5.56 Å². The van der Waals surface area contributed by atoms with Gasteiger partial charge in [0.05, 0.1) is 15.9 Å². The van der Waals surface area contributed by atoms with E-state index in [-0.39, 0.29) is 23.5 Å². The topological polar surface area (TPSA) is 125 Å². The van der Waals surface area contributed by atoms with Crippen molar-refractivity contribution < 1.29 is 18.4 Å². The van der Waals surface area contributed by atoms with Crippen LogP contribution >= 0.6 is 0 Å². The van der Waals surface area contributed by atoms with Crippen LogP contribution in [-0.2, 0) is 23.1 Å². The van der Waals surface area contributed by atoms with Gasteiger partial charge >= 0.3 is 0 Å². The molecule has 2 heterocycles. The molecule has 162 valence electrons. The minimum Gasteiger partial charge on any atom is -0.288 e. The number of sulfonamides is 1. The SMILES string of the molecule is O=C(NO)c1ccc(CN(Cc2cccnc2)S(=O)(=O)c2ccc3nccnc3c2)cc1. The lowest BCUT2D eigenvalue weighted by Crippen LogP contribution is -2.30. The first-order valence-electron chi connectivity index (χ1n) is 9.60. The van der Waals surface area contributed by atoms with Gasteiger partial charge in [-0.25, -0.2) is 13.9 Å². The minimum absolute atomic E-state index is 0.0662. The number of nitrogens with zero attached hydrogens (tertiary/aromatic N) is 4. The average molecular weight is 449 g/mol. The van der Waals surface area contributed by atoms with Crippen LogP contribution in [0.2, 0.25) is 0 Å². The zero-order valence-electron chi connectivity index (χ0n) is 16.8. The van der Waals surface area contributed by atoms with Crippen LogP contribution in [0.5, 0.6) is 0 Å². The van der Waals surface area contributed by atoms with Crippen LogP contribution in [0.15, 0.2) is 84.3 Å². The predicted octanol–water partition coefficient (Wildman–Crippen LogP) is 2.53. The number of benzene rings is 2. The molecule has 0 saturated heterocycles. The molecule has 4 aromatic rings. The lowest BCUT2D eigenvalue weighted by molar-refractivity contribution is 0.0706. The standard InChI is InChI=1S/C22H19N5O4S/c28-22(26-29)18-5-3-16(4-6-18)14-27(15-17-2-1-9-23-13-17)32(30,31)19-7-8-20-21(12-19)25-11-10-24-20/h1-13,29H,14-15H2,(H,26,28). The summed E-state index contributed by atoms with van der Waals surface area (Å²) >= 11 is 0. The number of carbonyl (C=O) groups excluding carboxylic acids is 1. The van der Waals surface area contributed by atoms with Gasteiger partial charge in [-0.3, -0.25) is 25.0 Å². The summed E-state index contributed by atoms with van der Waals surface area (Å²) in [5.74, 6) is -0.645. The molecule has 2 aromatic heterocycles. The van der Waals surface area contributed by atoms with Crippen LogP contribution in [0.1, 0.15) is 21.5 Å². The highest BCUT2D eigenvalue weighted by molar-refractivity contribution is 7.89. The lowest BCUT2D eigenvalue weighted by Gasteiger charge is -2.22. The van der Waals surface area contributed by atoms with Gasteiger partial charge in [-0.05, 0) is 47.5 Å². The number of carbonyl (C=O) groups is 1. The number of hydrogen-bond acceptors (Lipinski definition) is 7. The Morgan fingerprint density at radius 2 is 1.62 bits per heavy atom. The minimum atomic E-state index is -3.90. The van der Waals surface area contributed by atoms with E-state index in [0.29, 0.717) is 16.6 Å². The summed E-state index contributed by atoms with van der Waals surface area (Å²) in [6, 6.07) is 14.5. The Bertz CT molecular complexity index is 1350. The Morgan fingerprint density at radius 1 is 0.906 bits per heavy atom. The van der Waals surface area contributed by atoms with E-state index in [2.05, 4.69) is 15.0 Å². The fourth-order valence-corrected chi connectivity index (χ4v) is 4.64. The van der Waals surface area contributed by atoms with Crippen molar-refractivity contribution in [1.29, 1.82) is 0 Å². The first-order valence-corrected chi connectivity index (χ1v) is 11.0. The monoisotopic (exact) mass is 449 g/mol. The third kappa shape index (κ3) is 4.62. The molecular formula is C22H19N5O4S. The quantitative estimate of drug-likeness (QED) is 0.328. The van der Waals surface area contributed by atoms with Crippen LogP contribution in [0.3, 0.4) is 0 Å². The van der Waals surface area contributed by atoms with E-state index < -0.39 is 15.9 Å². The second-order valence-electron chi connectivity index (χ2n) is 6.98. The van der Waals surface area contributed by atoms with E-state index in [1.807, 2.05) is 0 Å². The first kappa shape index (κ1) is 21.5. The number of rotatable bonds is 7. The summed E-state index contributed by atoms with van der Waals surface area (Å²) in [5.41, 5.74) is 4.31. The second-order valence-corrected chi connectivity index (χ2v) is 8.92. The zero-order valence-corrected chi connectivity index (χ0v) is 17.6. The molecule has 0 aliphatic rings. The largest absolute Gasteiger partial charge is 0.288 e. The maximum absolute atomic E-state index is 13.6. The molecule has 1 amide bonds. The smallest absolute Gasteiger partial charge is 0.274 e. The van der Waals surface area contributed by atoms with Gasteiger partial charge in [0.2, 0.25) is 10.0 Å². The van der Waals surface area contributed by atoms with Crippen molar-refractivity contribution in [2.24, 2.45) is 0 Å². The van der Waals surface area contributed by atoms with Crippen molar-refractivity contribution >= 4 is 27.0 Å². The van der Waals surface area contributed by atoms with Gasteiger partial charge in [0.15, 0.2) is 0 Å².